The Kier molecular flexibility index (Phi) is 1.98. The quantitative estimate of drug-likeness (QED) is 0.750. The molecule has 3 N–H and O–H groups in total. The molecule has 1 amide bonds. The molecule has 1 heterocycles. The first-order valence-electron chi connectivity index (χ1n) is 4.76. The van der Waals surface area contributed by atoms with E-state index in [1.807, 2.05) is 6.92 Å². The van der Waals surface area contributed by atoms with Crippen molar-refractivity contribution in [2.24, 2.45) is 0 Å². The zero-order chi connectivity index (χ0) is 10.2. The Hall–Kier alpha value is -1.45. The number of carbonyl (C=O) groups is 1. The SMILES string of the molecule is CC1(NC(=O)c2occc2N)CCC1. The maximum atomic E-state index is 11.7. The Morgan fingerprint density at radius 2 is 2.36 bits per heavy atom. The minimum absolute atomic E-state index is 0.0592. The van der Waals surface area contributed by atoms with Crippen molar-refractivity contribution in [3.05, 3.63) is 18.1 Å². The molecule has 0 unspecified atom stereocenters. The van der Waals surface area contributed by atoms with Crippen LogP contribution in [0.15, 0.2) is 16.7 Å². The summed E-state index contributed by atoms with van der Waals surface area (Å²) in [6.07, 6.45) is 4.65. The largest absolute Gasteiger partial charge is 0.457 e. The molecule has 1 aliphatic rings. The molecule has 0 saturated heterocycles. The average Bonchev–Trinajstić information content (AvgIpc) is 2.48. The Balaban J connectivity index is 2.06. The molecule has 1 aliphatic carbocycles. The van der Waals surface area contributed by atoms with Crippen molar-refractivity contribution in [3.63, 3.8) is 0 Å². The summed E-state index contributed by atoms with van der Waals surface area (Å²) < 4.78 is 5.00. The summed E-state index contributed by atoms with van der Waals surface area (Å²) in [6, 6.07) is 1.58. The van der Waals surface area contributed by atoms with E-state index >= 15 is 0 Å². The second-order valence-corrected chi connectivity index (χ2v) is 4.07. The molecule has 1 aromatic heterocycles. The lowest BCUT2D eigenvalue weighted by Crippen LogP contribution is -2.50. The molecule has 2 rings (SSSR count). The van der Waals surface area contributed by atoms with Gasteiger partial charge in [0.1, 0.15) is 0 Å². The second kappa shape index (κ2) is 3.04. The van der Waals surface area contributed by atoms with Gasteiger partial charge < -0.3 is 15.5 Å². The van der Waals surface area contributed by atoms with Crippen molar-refractivity contribution < 1.29 is 9.21 Å². The zero-order valence-corrected chi connectivity index (χ0v) is 8.17. The van der Waals surface area contributed by atoms with Crippen molar-refractivity contribution in [1.82, 2.24) is 5.32 Å². The van der Waals surface area contributed by atoms with Crippen LogP contribution in [-0.2, 0) is 0 Å². The molecule has 0 spiro atoms. The summed E-state index contributed by atoms with van der Waals surface area (Å²) >= 11 is 0. The maximum absolute atomic E-state index is 11.7. The molecule has 4 nitrogen and oxygen atoms in total. The van der Waals surface area contributed by atoms with Gasteiger partial charge in [-0.2, -0.15) is 0 Å². The van der Waals surface area contributed by atoms with E-state index in [-0.39, 0.29) is 17.2 Å². The first-order chi connectivity index (χ1) is 6.61. The van der Waals surface area contributed by atoms with E-state index in [1.165, 1.54) is 12.7 Å². The topological polar surface area (TPSA) is 68.3 Å². The molecule has 0 aliphatic heterocycles. The summed E-state index contributed by atoms with van der Waals surface area (Å²) in [5, 5.41) is 2.92. The molecule has 0 radical (unpaired) electrons. The van der Waals surface area contributed by atoms with Crippen LogP contribution in [0.1, 0.15) is 36.7 Å². The highest BCUT2D eigenvalue weighted by molar-refractivity contribution is 5.96. The minimum atomic E-state index is -0.213. The molecule has 1 saturated carbocycles. The van der Waals surface area contributed by atoms with Crippen LogP contribution in [0.2, 0.25) is 0 Å². The van der Waals surface area contributed by atoms with Crippen molar-refractivity contribution in [2.75, 3.05) is 5.73 Å². The van der Waals surface area contributed by atoms with Gasteiger partial charge in [0.05, 0.1) is 12.0 Å². The van der Waals surface area contributed by atoms with Gasteiger partial charge in [-0.25, -0.2) is 0 Å². The lowest BCUT2D eigenvalue weighted by molar-refractivity contribution is 0.0823. The molecule has 0 atom stereocenters. The standard InChI is InChI=1S/C10H14N2O2/c1-10(4-2-5-10)12-9(13)8-7(11)3-6-14-8/h3,6H,2,4-5,11H2,1H3,(H,12,13). The maximum Gasteiger partial charge on any atom is 0.289 e. The van der Waals surface area contributed by atoms with Gasteiger partial charge in [-0.15, -0.1) is 0 Å². The Labute approximate surface area is 82.5 Å². The molecular weight excluding hydrogens is 180 g/mol. The molecule has 14 heavy (non-hydrogen) atoms. The third-order valence-corrected chi connectivity index (χ3v) is 2.77. The van der Waals surface area contributed by atoms with Crippen molar-refractivity contribution >= 4 is 11.6 Å². The van der Waals surface area contributed by atoms with E-state index in [0.717, 1.165) is 12.8 Å². The zero-order valence-electron chi connectivity index (χ0n) is 8.17. The fourth-order valence-electron chi connectivity index (χ4n) is 1.67. The first-order valence-corrected chi connectivity index (χ1v) is 4.76. The van der Waals surface area contributed by atoms with E-state index in [2.05, 4.69) is 5.32 Å². The van der Waals surface area contributed by atoms with Crippen molar-refractivity contribution in [2.45, 2.75) is 31.7 Å². The van der Waals surface area contributed by atoms with Crippen LogP contribution in [0, 0.1) is 0 Å². The number of nitrogens with two attached hydrogens (primary N) is 1. The van der Waals surface area contributed by atoms with E-state index < -0.39 is 0 Å². The number of rotatable bonds is 2. The summed E-state index contributed by atoms with van der Waals surface area (Å²) in [7, 11) is 0. The number of hydrogen-bond acceptors (Lipinski definition) is 3. The van der Waals surface area contributed by atoms with E-state index in [1.54, 1.807) is 6.07 Å². The van der Waals surface area contributed by atoms with Gasteiger partial charge >= 0.3 is 0 Å². The van der Waals surface area contributed by atoms with E-state index in [9.17, 15) is 4.79 Å². The minimum Gasteiger partial charge on any atom is -0.457 e. The highest BCUT2D eigenvalue weighted by Crippen LogP contribution is 2.31. The highest BCUT2D eigenvalue weighted by atomic mass is 16.3. The third-order valence-electron chi connectivity index (χ3n) is 2.77. The molecular formula is C10H14N2O2. The molecule has 76 valence electrons. The van der Waals surface area contributed by atoms with Gasteiger partial charge in [-0.3, -0.25) is 4.79 Å². The molecule has 1 aromatic rings. The lowest BCUT2D eigenvalue weighted by Gasteiger charge is -2.38. The molecule has 1 fully saturated rings. The number of carbonyl (C=O) groups excluding carboxylic acids is 1. The summed E-state index contributed by atoms with van der Waals surface area (Å²) in [6.45, 7) is 2.04. The number of anilines is 1. The van der Waals surface area contributed by atoms with Crippen LogP contribution in [0.3, 0.4) is 0 Å². The van der Waals surface area contributed by atoms with Gasteiger partial charge in [0.2, 0.25) is 5.76 Å². The summed E-state index contributed by atoms with van der Waals surface area (Å²) in [4.78, 5) is 11.7. The second-order valence-electron chi connectivity index (χ2n) is 4.07. The molecule has 0 aromatic carbocycles. The van der Waals surface area contributed by atoms with Crippen LogP contribution in [0.4, 0.5) is 5.69 Å². The van der Waals surface area contributed by atoms with Crippen LogP contribution >= 0.6 is 0 Å². The van der Waals surface area contributed by atoms with E-state index in [4.69, 9.17) is 10.2 Å². The first kappa shape index (κ1) is 9.12. The number of amides is 1. The Morgan fingerprint density at radius 3 is 2.79 bits per heavy atom. The smallest absolute Gasteiger partial charge is 0.289 e. The lowest BCUT2D eigenvalue weighted by atomic mass is 9.78. The number of hydrogen-bond donors (Lipinski definition) is 2. The number of nitrogen functional groups attached to an aromatic ring is 1. The average molecular weight is 194 g/mol. The normalized spacial score (nSPS) is 18.6. The summed E-state index contributed by atoms with van der Waals surface area (Å²) in [5.74, 6) is 0.00725. The fourth-order valence-corrected chi connectivity index (χ4v) is 1.67. The van der Waals surface area contributed by atoms with Gasteiger partial charge in [0.25, 0.3) is 5.91 Å². The monoisotopic (exact) mass is 194 g/mol. The van der Waals surface area contributed by atoms with Crippen LogP contribution in [0.25, 0.3) is 0 Å². The third kappa shape index (κ3) is 1.47. The van der Waals surface area contributed by atoms with Gasteiger partial charge in [-0.05, 0) is 26.2 Å². The van der Waals surface area contributed by atoms with Crippen molar-refractivity contribution in [3.8, 4) is 0 Å². The van der Waals surface area contributed by atoms with Crippen LogP contribution in [-0.4, -0.2) is 11.4 Å². The predicted molar refractivity (Wildman–Crippen MR) is 52.8 cm³/mol. The van der Waals surface area contributed by atoms with Crippen molar-refractivity contribution in [1.29, 1.82) is 0 Å². The van der Waals surface area contributed by atoms with Gasteiger partial charge in [0.15, 0.2) is 0 Å². The number of furan rings is 1. The fraction of sp³-hybridized carbons (Fsp3) is 0.500. The van der Waals surface area contributed by atoms with Crippen LogP contribution in [0.5, 0.6) is 0 Å². The van der Waals surface area contributed by atoms with Gasteiger partial charge in [-0.1, -0.05) is 0 Å². The highest BCUT2D eigenvalue weighted by Gasteiger charge is 2.34. The Morgan fingerprint density at radius 1 is 1.64 bits per heavy atom. The van der Waals surface area contributed by atoms with Gasteiger partial charge in [0, 0.05) is 11.6 Å². The molecule has 4 heteroatoms. The number of nitrogens with one attached hydrogen (secondary N) is 1. The van der Waals surface area contributed by atoms with Crippen LogP contribution < -0.4 is 11.1 Å². The predicted octanol–water partition coefficient (Wildman–Crippen LogP) is 1.53. The molecule has 0 bridgehead atoms. The summed E-state index contributed by atoms with van der Waals surface area (Å²) in [5.41, 5.74) is 5.90. The van der Waals surface area contributed by atoms with E-state index in [0.29, 0.717) is 5.69 Å². The Bertz CT molecular complexity index is 353.